The van der Waals surface area contributed by atoms with E-state index in [9.17, 15) is 5.11 Å². The normalized spacial score (nSPS) is 17.7. The van der Waals surface area contributed by atoms with Crippen molar-refractivity contribution in [2.75, 3.05) is 29.9 Å². The Kier molecular flexibility index (Phi) is 5.02. The third kappa shape index (κ3) is 3.76. The highest BCUT2D eigenvalue weighted by Crippen LogP contribution is 2.24. The fourth-order valence-electron chi connectivity index (χ4n) is 2.77. The molecule has 1 aliphatic heterocycles. The summed E-state index contributed by atoms with van der Waals surface area (Å²) in [5.74, 6) is 2.97. The smallest absolute Gasteiger partial charge is 0.226 e. The van der Waals surface area contributed by atoms with Gasteiger partial charge in [-0.15, -0.1) is 0 Å². The van der Waals surface area contributed by atoms with Crippen LogP contribution in [0, 0.1) is 0 Å². The highest BCUT2D eigenvalue weighted by molar-refractivity contribution is 5.49. The number of aryl methyl sites for hydroxylation is 1. The van der Waals surface area contributed by atoms with E-state index >= 15 is 0 Å². The van der Waals surface area contributed by atoms with Gasteiger partial charge in [0.05, 0.1) is 12.6 Å². The Balaban J connectivity index is 1.57. The van der Waals surface area contributed by atoms with E-state index < -0.39 is 0 Å². The van der Waals surface area contributed by atoms with Crippen LogP contribution >= 0.6 is 0 Å². The van der Waals surface area contributed by atoms with Crippen molar-refractivity contribution >= 4 is 11.6 Å². The predicted octanol–water partition coefficient (Wildman–Crippen LogP) is 1.04. The molecular weight excluding hydrogens is 296 g/mol. The zero-order chi connectivity index (χ0) is 16.1. The van der Waals surface area contributed by atoms with Gasteiger partial charge in [-0.3, -0.25) is 0 Å². The van der Waals surface area contributed by atoms with Gasteiger partial charge < -0.3 is 19.8 Å². The van der Waals surface area contributed by atoms with Gasteiger partial charge in [0, 0.05) is 32.0 Å². The van der Waals surface area contributed by atoms with Crippen LogP contribution in [-0.4, -0.2) is 51.0 Å². The van der Waals surface area contributed by atoms with Crippen LogP contribution in [0.5, 0.6) is 0 Å². The number of aromatic nitrogens is 4. The van der Waals surface area contributed by atoms with Crippen molar-refractivity contribution in [2.24, 2.45) is 0 Å². The molecule has 0 radical (unpaired) electrons. The van der Waals surface area contributed by atoms with Crippen molar-refractivity contribution in [2.45, 2.75) is 38.6 Å². The van der Waals surface area contributed by atoms with Crippen LogP contribution in [0.3, 0.4) is 0 Å². The average Bonchev–Trinajstić information content (AvgIpc) is 3.24. The first kappa shape index (κ1) is 15.7. The molecular formula is C15H22N6O2. The molecule has 0 aromatic carbocycles. The Labute approximate surface area is 134 Å². The molecule has 8 nitrogen and oxygen atoms in total. The van der Waals surface area contributed by atoms with Crippen molar-refractivity contribution in [3.8, 4) is 0 Å². The Morgan fingerprint density at radius 2 is 2.35 bits per heavy atom. The lowest BCUT2D eigenvalue weighted by atomic mass is 10.2. The van der Waals surface area contributed by atoms with Gasteiger partial charge in [-0.05, 0) is 12.8 Å². The van der Waals surface area contributed by atoms with Crippen molar-refractivity contribution < 1.29 is 9.63 Å². The van der Waals surface area contributed by atoms with Gasteiger partial charge in [0.1, 0.15) is 18.0 Å². The molecule has 3 rings (SSSR count). The minimum atomic E-state index is 0.157. The number of aliphatic hydroxyl groups is 1. The minimum absolute atomic E-state index is 0.157. The van der Waals surface area contributed by atoms with Crippen molar-refractivity contribution in [1.29, 1.82) is 0 Å². The van der Waals surface area contributed by atoms with E-state index in [0.717, 1.165) is 37.4 Å². The quantitative estimate of drug-likeness (QED) is 0.781. The second-order valence-electron chi connectivity index (χ2n) is 5.57. The second-order valence-corrected chi connectivity index (χ2v) is 5.57. The summed E-state index contributed by atoms with van der Waals surface area (Å²) in [4.78, 5) is 15.0. The van der Waals surface area contributed by atoms with Crippen LogP contribution in [0.4, 0.5) is 11.6 Å². The third-order valence-electron chi connectivity index (χ3n) is 4.00. The van der Waals surface area contributed by atoms with E-state index in [1.807, 2.05) is 13.0 Å². The molecule has 0 unspecified atom stereocenters. The van der Waals surface area contributed by atoms with E-state index in [1.54, 1.807) is 6.33 Å². The number of nitrogens with zero attached hydrogens (tertiary/aromatic N) is 5. The molecule has 23 heavy (non-hydrogen) atoms. The number of hydrogen-bond acceptors (Lipinski definition) is 8. The van der Waals surface area contributed by atoms with E-state index in [-0.39, 0.29) is 12.6 Å². The van der Waals surface area contributed by atoms with Gasteiger partial charge in [0.15, 0.2) is 5.82 Å². The molecule has 1 fully saturated rings. The molecule has 1 atom stereocenters. The van der Waals surface area contributed by atoms with Crippen LogP contribution in [0.25, 0.3) is 0 Å². The van der Waals surface area contributed by atoms with Crippen LogP contribution in [-0.2, 0) is 12.8 Å². The fourth-order valence-corrected chi connectivity index (χ4v) is 2.77. The van der Waals surface area contributed by atoms with E-state index in [2.05, 4.69) is 30.3 Å². The highest BCUT2D eigenvalue weighted by atomic mass is 16.5. The number of nitrogens with one attached hydrogen (secondary N) is 1. The first-order valence-electron chi connectivity index (χ1n) is 8.05. The third-order valence-corrected chi connectivity index (χ3v) is 4.00. The number of hydrogen-bond donors (Lipinski definition) is 2. The zero-order valence-electron chi connectivity index (χ0n) is 13.3. The number of rotatable bonds is 7. The van der Waals surface area contributed by atoms with Crippen LogP contribution < -0.4 is 10.2 Å². The summed E-state index contributed by atoms with van der Waals surface area (Å²) in [6.45, 7) is 3.73. The molecule has 1 saturated heterocycles. The monoisotopic (exact) mass is 318 g/mol. The van der Waals surface area contributed by atoms with Gasteiger partial charge in [-0.2, -0.15) is 4.98 Å². The topological polar surface area (TPSA) is 100 Å². The molecule has 0 amide bonds. The maximum atomic E-state index is 9.43. The Bertz CT molecular complexity index is 632. The number of anilines is 2. The Morgan fingerprint density at radius 3 is 3.13 bits per heavy atom. The first-order valence-corrected chi connectivity index (χ1v) is 8.05. The first-order chi connectivity index (χ1) is 11.3. The molecule has 3 heterocycles. The summed E-state index contributed by atoms with van der Waals surface area (Å²) in [5, 5.41) is 16.6. The minimum Gasteiger partial charge on any atom is -0.394 e. The standard InChI is InChI=1S/C15H22N6O2/c1-2-15-19-12(20-23-15)5-6-16-13-8-14(18-10-17-13)21-7-3-4-11(21)9-22/h8,10-11,22H,2-7,9H2,1H3,(H,16,17,18)/t11-/m0/s1. The summed E-state index contributed by atoms with van der Waals surface area (Å²) in [5.41, 5.74) is 0. The molecule has 0 bridgehead atoms. The fraction of sp³-hybridized carbons (Fsp3) is 0.600. The molecule has 2 N–H and O–H groups in total. The van der Waals surface area contributed by atoms with Crippen LogP contribution in [0.15, 0.2) is 16.9 Å². The van der Waals surface area contributed by atoms with E-state index in [1.165, 1.54) is 0 Å². The lowest BCUT2D eigenvalue weighted by Crippen LogP contribution is -2.32. The summed E-state index contributed by atoms with van der Waals surface area (Å²) < 4.78 is 5.08. The van der Waals surface area contributed by atoms with E-state index in [4.69, 9.17) is 4.52 Å². The Morgan fingerprint density at radius 1 is 1.43 bits per heavy atom. The summed E-state index contributed by atoms with van der Waals surface area (Å²) in [6.07, 6.45) is 5.05. The Hall–Kier alpha value is -2.22. The lowest BCUT2D eigenvalue weighted by molar-refractivity contribution is 0.266. The second kappa shape index (κ2) is 7.36. The SMILES string of the molecule is CCc1nc(CCNc2cc(N3CCC[C@H]3CO)ncn2)no1. The van der Waals surface area contributed by atoms with E-state index in [0.29, 0.717) is 24.7 Å². The largest absolute Gasteiger partial charge is 0.394 e. The lowest BCUT2D eigenvalue weighted by Gasteiger charge is -2.24. The molecule has 0 spiro atoms. The molecule has 0 saturated carbocycles. The summed E-state index contributed by atoms with van der Waals surface area (Å²) in [7, 11) is 0. The maximum Gasteiger partial charge on any atom is 0.226 e. The highest BCUT2D eigenvalue weighted by Gasteiger charge is 2.25. The molecule has 124 valence electrons. The van der Waals surface area contributed by atoms with Crippen LogP contribution in [0.1, 0.15) is 31.5 Å². The van der Waals surface area contributed by atoms with Gasteiger partial charge >= 0.3 is 0 Å². The van der Waals surface area contributed by atoms with Crippen LogP contribution in [0.2, 0.25) is 0 Å². The average molecular weight is 318 g/mol. The molecule has 2 aromatic rings. The molecule has 2 aromatic heterocycles. The summed E-state index contributed by atoms with van der Waals surface area (Å²) >= 11 is 0. The van der Waals surface area contributed by atoms with Crippen molar-refractivity contribution in [3.63, 3.8) is 0 Å². The van der Waals surface area contributed by atoms with Gasteiger partial charge in [-0.1, -0.05) is 12.1 Å². The number of aliphatic hydroxyl groups excluding tert-OH is 1. The van der Waals surface area contributed by atoms with Gasteiger partial charge in [0.2, 0.25) is 5.89 Å². The molecule has 1 aliphatic rings. The zero-order valence-corrected chi connectivity index (χ0v) is 13.3. The maximum absolute atomic E-state index is 9.43. The molecule has 0 aliphatic carbocycles. The van der Waals surface area contributed by atoms with Crippen molar-refractivity contribution in [3.05, 3.63) is 24.1 Å². The van der Waals surface area contributed by atoms with Gasteiger partial charge in [-0.25, -0.2) is 9.97 Å². The molecule has 8 heteroatoms. The predicted molar refractivity (Wildman–Crippen MR) is 85.4 cm³/mol. The summed E-state index contributed by atoms with van der Waals surface area (Å²) in [6, 6.07) is 2.08. The van der Waals surface area contributed by atoms with Gasteiger partial charge in [0.25, 0.3) is 0 Å². The van der Waals surface area contributed by atoms with Crippen molar-refractivity contribution in [1.82, 2.24) is 20.1 Å².